The lowest BCUT2D eigenvalue weighted by Gasteiger charge is -2.15. The van der Waals surface area contributed by atoms with Gasteiger partial charge in [-0.2, -0.15) is 4.31 Å². The van der Waals surface area contributed by atoms with Crippen molar-refractivity contribution >= 4 is 45.1 Å². The van der Waals surface area contributed by atoms with Crippen LogP contribution in [0.15, 0.2) is 53.4 Å². The largest absolute Gasteiger partial charge is 0.289 e. The summed E-state index contributed by atoms with van der Waals surface area (Å²) in [5.74, 6) is -0.244. The fourth-order valence-corrected chi connectivity index (χ4v) is 4.67. The molecule has 4 nitrogen and oxygen atoms in total. The number of benzene rings is 2. The molecule has 1 aliphatic rings. The van der Waals surface area contributed by atoms with Gasteiger partial charge in [0.2, 0.25) is 10.0 Å². The Morgan fingerprint density at radius 3 is 2.31 bits per heavy atom. The van der Waals surface area contributed by atoms with E-state index in [0.717, 1.165) is 12.8 Å². The predicted octanol–water partition coefficient (Wildman–Crippen LogP) is 4.67. The normalized spacial score (nSPS) is 15.6. The zero-order valence-electron chi connectivity index (χ0n) is 13.9. The van der Waals surface area contributed by atoms with E-state index in [1.165, 1.54) is 34.6 Å². The molecule has 0 aromatic heterocycles. The summed E-state index contributed by atoms with van der Waals surface area (Å²) in [6.45, 7) is 1.10. The van der Waals surface area contributed by atoms with Gasteiger partial charge in [0.05, 0.1) is 14.9 Å². The summed E-state index contributed by atoms with van der Waals surface area (Å²) in [4.78, 5) is 12.5. The number of halogens is 2. The number of carbonyl (C=O) groups excluding carboxylic acids is 1. The number of sulfonamides is 1. The van der Waals surface area contributed by atoms with Crippen LogP contribution >= 0.6 is 23.2 Å². The smallest absolute Gasteiger partial charge is 0.243 e. The van der Waals surface area contributed by atoms with Crippen molar-refractivity contribution in [1.82, 2.24) is 4.31 Å². The van der Waals surface area contributed by atoms with Gasteiger partial charge in [-0.05, 0) is 60.9 Å². The summed E-state index contributed by atoms with van der Waals surface area (Å²) in [5, 5.41) is 0.794. The molecule has 3 rings (SSSR count). The Morgan fingerprint density at radius 1 is 1.00 bits per heavy atom. The molecule has 2 aromatic rings. The summed E-state index contributed by atoms with van der Waals surface area (Å²) in [6, 6.07) is 11.2. The lowest BCUT2D eigenvalue weighted by molar-refractivity contribution is 0.104. The number of ketones is 1. The second-order valence-corrected chi connectivity index (χ2v) is 8.70. The summed E-state index contributed by atoms with van der Waals surface area (Å²) >= 11 is 12.0. The van der Waals surface area contributed by atoms with Crippen LogP contribution in [0.3, 0.4) is 0 Å². The SMILES string of the molecule is O=C(C=Cc1cccc(Cl)c1Cl)c1ccc(S(=O)(=O)N2CCCC2)cc1. The zero-order chi connectivity index (χ0) is 18.7. The molecule has 1 heterocycles. The topological polar surface area (TPSA) is 54.5 Å². The van der Waals surface area contributed by atoms with Gasteiger partial charge in [0.1, 0.15) is 0 Å². The van der Waals surface area contributed by atoms with E-state index in [1.54, 1.807) is 24.3 Å². The highest BCUT2D eigenvalue weighted by atomic mass is 35.5. The fraction of sp³-hybridized carbons (Fsp3) is 0.211. The van der Waals surface area contributed by atoms with Gasteiger partial charge in [0.25, 0.3) is 0 Å². The van der Waals surface area contributed by atoms with Gasteiger partial charge in [-0.1, -0.05) is 35.3 Å². The highest BCUT2D eigenvalue weighted by Crippen LogP contribution is 2.26. The lowest BCUT2D eigenvalue weighted by atomic mass is 10.1. The van der Waals surface area contributed by atoms with Crippen LogP contribution in [0.2, 0.25) is 10.0 Å². The molecule has 1 fully saturated rings. The van der Waals surface area contributed by atoms with Crippen LogP contribution in [0.5, 0.6) is 0 Å². The van der Waals surface area contributed by atoms with Gasteiger partial charge in [-0.3, -0.25) is 4.79 Å². The van der Waals surface area contributed by atoms with Crippen molar-refractivity contribution in [2.45, 2.75) is 17.7 Å². The standard InChI is InChI=1S/C19H17Cl2NO3S/c20-17-5-3-4-15(19(17)21)8-11-18(23)14-6-9-16(10-7-14)26(24,25)22-12-1-2-13-22/h3-11H,1-2,12-13H2. The van der Waals surface area contributed by atoms with Gasteiger partial charge in [-0.15, -0.1) is 0 Å². The minimum atomic E-state index is -3.47. The Hall–Kier alpha value is -1.66. The number of hydrogen-bond acceptors (Lipinski definition) is 3. The predicted molar refractivity (Wildman–Crippen MR) is 104 cm³/mol. The van der Waals surface area contributed by atoms with Crippen molar-refractivity contribution in [1.29, 1.82) is 0 Å². The van der Waals surface area contributed by atoms with Crippen molar-refractivity contribution in [3.05, 3.63) is 69.7 Å². The summed E-state index contributed by atoms with van der Waals surface area (Å²) in [5.41, 5.74) is 1.04. The molecule has 2 aromatic carbocycles. The quantitative estimate of drug-likeness (QED) is 0.532. The van der Waals surface area contributed by atoms with Crippen molar-refractivity contribution in [3.63, 3.8) is 0 Å². The molecule has 0 radical (unpaired) electrons. The number of carbonyl (C=O) groups is 1. The third-order valence-electron chi connectivity index (χ3n) is 4.24. The van der Waals surface area contributed by atoms with Crippen LogP contribution in [-0.2, 0) is 10.0 Å². The van der Waals surface area contributed by atoms with Gasteiger partial charge >= 0.3 is 0 Å². The number of allylic oxidation sites excluding steroid dienone is 1. The van der Waals surface area contributed by atoms with E-state index < -0.39 is 10.0 Å². The van der Waals surface area contributed by atoms with Gasteiger partial charge in [0.15, 0.2) is 5.78 Å². The molecule has 1 saturated heterocycles. The third-order valence-corrected chi connectivity index (χ3v) is 6.98. The average Bonchev–Trinajstić information content (AvgIpc) is 3.18. The molecule has 26 heavy (non-hydrogen) atoms. The minimum absolute atomic E-state index is 0.206. The molecule has 0 atom stereocenters. The van der Waals surface area contributed by atoms with Gasteiger partial charge in [-0.25, -0.2) is 8.42 Å². The average molecular weight is 410 g/mol. The van der Waals surface area contributed by atoms with E-state index in [0.29, 0.717) is 34.3 Å². The van der Waals surface area contributed by atoms with E-state index in [-0.39, 0.29) is 10.7 Å². The molecule has 136 valence electrons. The molecular weight excluding hydrogens is 393 g/mol. The number of nitrogens with zero attached hydrogens (tertiary/aromatic N) is 1. The maximum absolute atomic E-state index is 12.5. The van der Waals surface area contributed by atoms with Crippen molar-refractivity contribution < 1.29 is 13.2 Å². The molecule has 0 spiro atoms. The Labute approximate surface area is 163 Å². The van der Waals surface area contributed by atoms with Crippen molar-refractivity contribution in [2.75, 3.05) is 13.1 Å². The van der Waals surface area contributed by atoms with Crippen LogP contribution in [0, 0.1) is 0 Å². The van der Waals surface area contributed by atoms with Crippen LogP contribution in [0.1, 0.15) is 28.8 Å². The second-order valence-electron chi connectivity index (χ2n) is 5.98. The van der Waals surface area contributed by atoms with Crippen LogP contribution < -0.4 is 0 Å². The molecule has 0 aliphatic carbocycles. The highest BCUT2D eigenvalue weighted by molar-refractivity contribution is 7.89. The van der Waals surface area contributed by atoms with Gasteiger partial charge < -0.3 is 0 Å². The van der Waals surface area contributed by atoms with Crippen LogP contribution in [0.25, 0.3) is 6.08 Å². The zero-order valence-corrected chi connectivity index (χ0v) is 16.2. The number of hydrogen-bond donors (Lipinski definition) is 0. The maximum atomic E-state index is 12.5. The van der Waals surface area contributed by atoms with E-state index >= 15 is 0 Å². The first kappa shape index (κ1) is 19.1. The Bertz CT molecular complexity index is 947. The van der Waals surface area contributed by atoms with E-state index in [9.17, 15) is 13.2 Å². The molecule has 1 aliphatic heterocycles. The van der Waals surface area contributed by atoms with E-state index in [4.69, 9.17) is 23.2 Å². The molecule has 0 bridgehead atoms. The lowest BCUT2D eigenvalue weighted by Crippen LogP contribution is -2.27. The van der Waals surface area contributed by atoms with Crippen LogP contribution in [0.4, 0.5) is 0 Å². The summed E-state index contributed by atoms with van der Waals surface area (Å²) in [7, 11) is -3.47. The molecule has 0 saturated carbocycles. The Balaban J connectivity index is 1.77. The van der Waals surface area contributed by atoms with Crippen molar-refractivity contribution in [2.24, 2.45) is 0 Å². The number of rotatable bonds is 5. The third kappa shape index (κ3) is 4.01. The monoisotopic (exact) mass is 409 g/mol. The summed E-state index contributed by atoms with van der Waals surface area (Å²) < 4.78 is 26.5. The first-order valence-corrected chi connectivity index (χ1v) is 10.4. The highest BCUT2D eigenvalue weighted by Gasteiger charge is 2.27. The Morgan fingerprint density at radius 2 is 1.65 bits per heavy atom. The second kappa shape index (κ2) is 7.92. The summed E-state index contributed by atoms with van der Waals surface area (Å²) in [6.07, 6.45) is 4.74. The molecule has 0 unspecified atom stereocenters. The first-order chi connectivity index (χ1) is 12.4. The molecule has 0 amide bonds. The van der Waals surface area contributed by atoms with Crippen molar-refractivity contribution in [3.8, 4) is 0 Å². The minimum Gasteiger partial charge on any atom is -0.289 e. The van der Waals surface area contributed by atoms with Crippen LogP contribution in [-0.4, -0.2) is 31.6 Å². The molecule has 7 heteroatoms. The first-order valence-electron chi connectivity index (χ1n) is 8.16. The van der Waals surface area contributed by atoms with E-state index in [1.807, 2.05) is 0 Å². The molecule has 0 N–H and O–H groups in total. The maximum Gasteiger partial charge on any atom is 0.243 e. The van der Waals surface area contributed by atoms with Gasteiger partial charge in [0, 0.05) is 18.7 Å². The Kier molecular flexibility index (Phi) is 5.82. The van der Waals surface area contributed by atoms with E-state index in [2.05, 4.69) is 0 Å². The fourth-order valence-electron chi connectivity index (χ4n) is 2.78. The molecular formula is C19H17Cl2NO3S.